The van der Waals surface area contributed by atoms with E-state index in [0.29, 0.717) is 35.2 Å². The van der Waals surface area contributed by atoms with Gasteiger partial charge in [0.05, 0.1) is 11.6 Å². The molecular weight excluding hydrogens is 441 g/mol. The third-order valence-electron chi connectivity index (χ3n) is 4.34. The van der Waals surface area contributed by atoms with Gasteiger partial charge in [0.25, 0.3) is 0 Å². The fourth-order valence-corrected chi connectivity index (χ4v) is 3.91. The summed E-state index contributed by atoms with van der Waals surface area (Å²) >= 11 is 8.08. The maximum absolute atomic E-state index is 13.9. The van der Waals surface area contributed by atoms with Crippen LogP contribution in [-0.4, -0.2) is 39.1 Å². The first kappa shape index (κ1) is 23.3. The third kappa shape index (κ3) is 6.81. The SMILES string of the molecule is CCOc1cc(CNCCCSc2nnnn2C)cc(Cl)c1OCc1ccccc1F. The minimum atomic E-state index is -0.314. The van der Waals surface area contributed by atoms with Crippen LogP contribution in [0.15, 0.2) is 41.6 Å². The van der Waals surface area contributed by atoms with Crippen molar-refractivity contribution < 1.29 is 13.9 Å². The summed E-state index contributed by atoms with van der Waals surface area (Å²) in [6.07, 6.45) is 0.966. The molecule has 0 aliphatic carbocycles. The average molecular weight is 466 g/mol. The number of rotatable bonds is 12. The number of tetrazole rings is 1. The Morgan fingerprint density at radius 2 is 2.06 bits per heavy atom. The molecule has 7 nitrogen and oxygen atoms in total. The normalized spacial score (nSPS) is 11.0. The molecule has 3 rings (SSSR count). The van der Waals surface area contributed by atoms with E-state index in [1.165, 1.54) is 6.07 Å². The number of ether oxygens (including phenoxy) is 2. The number of aryl methyl sites for hydroxylation is 1. The zero-order valence-corrected chi connectivity index (χ0v) is 19.0. The van der Waals surface area contributed by atoms with E-state index >= 15 is 0 Å². The second-order valence-electron chi connectivity index (χ2n) is 6.68. The summed E-state index contributed by atoms with van der Waals surface area (Å²) in [4.78, 5) is 0. The number of halogens is 2. The molecule has 0 bridgehead atoms. The summed E-state index contributed by atoms with van der Waals surface area (Å²) in [7, 11) is 1.82. The Morgan fingerprint density at radius 1 is 1.23 bits per heavy atom. The highest BCUT2D eigenvalue weighted by atomic mass is 35.5. The van der Waals surface area contributed by atoms with Crippen LogP contribution in [0.3, 0.4) is 0 Å². The van der Waals surface area contributed by atoms with Crippen LogP contribution in [0.25, 0.3) is 0 Å². The van der Waals surface area contributed by atoms with E-state index in [2.05, 4.69) is 20.8 Å². The van der Waals surface area contributed by atoms with Gasteiger partial charge < -0.3 is 14.8 Å². The minimum Gasteiger partial charge on any atom is -0.490 e. The van der Waals surface area contributed by atoms with Crippen molar-refractivity contribution in [2.45, 2.75) is 31.7 Å². The van der Waals surface area contributed by atoms with Crippen LogP contribution in [0.4, 0.5) is 4.39 Å². The van der Waals surface area contributed by atoms with Gasteiger partial charge in [0.15, 0.2) is 11.5 Å². The Hall–Kier alpha value is -2.36. The van der Waals surface area contributed by atoms with Crippen molar-refractivity contribution in [1.29, 1.82) is 0 Å². The molecule has 1 N–H and O–H groups in total. The monoisotopic (exact) mass is 465 g/mol. The lowest BCUT2D eigenvalue weighted by Gasteiger charge is -2.16. The Morgan fingerprint density at radius 3 is 2.81 bits per heavy atom. The van der Waals surface area contributed by atoms with Crippen molar-refractivity contribution in [3.8, 4) is 11.5 Å². The lowest BCUT2D eigenvalue weighted by atomic mass is 10.2. The van der Waals surface area contributed by atoms with Crippen LogP contribution >= 0.6 is 23.4 Å². The number of hydrogen-bond donors (Lipinski definition) is 1. The molecule has 0 fully saturated rings. The molecule has 0 aliphatic rings. The van der Waals surface area contributed by atoms with Gasteiger partial charge in [-0.1, -0.05) is 41.6 Å². The Bertz CT molecular complexity index is 988. The van der Waals surface area contributed by atoms with Crippen molar-refractivity contribution in [2.24, 2.45) is 7.05 Å². The lowest BCUT2D eigenvalue weighted by molar-refractivity contribution is 0.266. The second kappa shape index (κ2) is 11.9. The quantitative estimate of drug-likeness (QED) is 0.316. The van der Waals surface area contributed by atoms with E-state index in [1.54, 1.807) is 34.6 Å². The smallest absolute Gasteiger partial charge is 0.209 e. The van der Waals surface area contributed by atoms with Crippen LogP contribution in [0.5, 0.6) is 11.5 Å². The number of hydrogen-bond acceptors (Lipinski definition) is 7. The van der Waals surface area contributed by atoms with Crippen molar-refractivity contribution in [3.63, 3.8) is 0 Å². The van der Waals surface area contributed by atoms with E-state index < -0.39 is 0 Å². The molecule has 31 heavy (non-hydrogen) atoms. The van der Waals surface area contributed by atoms with Gasteiger partial charge in [-0.2, -0.15) is 0 Å². The summed E-state index contributed by atoms with van der Waals surface area (Å²) in [5.41, 5.74) is 1.44. The molecule has 2 aromatic carbocycles. The summed E-state index contributed by atoms with van der Waals surface area (Å²) in [5, 5.41) is 16.0. The minimum absolute atomic E-state index is 0.0722. The maximum atomic E-state index is 13.9. The fourth-order valence-electron chi connectivity index (χ4n) is 2.83. The van der Waals surface area contributed by atoms with Gasteiger partial charge in [-0.3, -0.25) is 0 Å². The number of thioether (sulfide) groups is 1. The van der Waals surface area contributed by atoms with Crippen molar-refractivity contribution in [1.82, 2.24) is 25.5 Å². The molecule has 0 aliphatic heterocycles. The van der Waals surface area contributed by atoms with E-state index in [4.69, 9.17) is 21.1 Å². The van der Waals surface area contributed by atoms with E-state index in [0.717, 1.165) is 29.4 Å². The standard InChI is InChI=1S/C21H25ClFN5O2S/c1-3-29-19-12-15(13-24-9-6-10-31-21-25-26-27-28(21)2)11-17(22)20(19)30-14-16-7-4-5-8-18(16)23/h4-5,7-8,11-12,24H,3,6,9-10,13-14H2,1-2H3. The van der Waals surface area contributed by atoms with Crippen LogP contribution in [-0.2, 0) is 20.2 Å². The number of nitrogens with one attached hydrogen (secondary N) is 1. The highest BCUT2D eigenvalue weighted by molar-refractivity contribution is 7.99. The van der Waals surface area contributed by atoms with E-state index in [-0.39, 0.29) is 12.4 Å². The molecule has 0 saturated heterocycles. The van der Waals surface area contributed by atoms with Crippen molar-refractivity contribution in [2.75, 3.05) is 18.9 Å². The van der Waals surface area contributed by atoms with Crippen LogP contribution in [0, 0.1) is 5.82 Å². The first-order valence-electron chi connectivity index (χ1n) is 9.95. The predicted molar refractivity (Wildman–Crippen MR) is 119 cm³/mol. The van der Waals surface area contributed by atoms with Gasteiger partial charge in [0.1, 0.15) is 12.4 Å². The molecule has 0 radical (unpaired) electrons. The Kier molecular flexibility index (Phi) is 8.93. The van der Waals surface area contributed by atoms with E-state index in [9.17, 15) is 4.39 Å². The zero-order valence-electron chi connectivity index (χ0n) is 17.5. The maximum Gasteiger partial charge on any atom is 0.209 e. The van der Waals surface area contributed by atoms with Gasteiger partial charge in [0.2, 0.25) is 5.16 Å². The molecular formula is C21H25ClFN5O2S. The van der Waals surface area contributed by atoms with Crippen LogP contribution < -0.4 is 14.8 Å². The van der Waals surface area contributed by atoms with Crippen LogP contribution in [0.1, 0.15) is 24.5 Å². The first-order valence-corrected chi connectivity index (χ1v) is 11.3. The Labute approximate surface area is 190 Å². The zero-order chi connectivity index (χ0) is 22.1. The number of nitrogens with zero attached hydrogens (tertiary/aromatic N) is 4. The molecule has 10 heteroatoms. The topological polar surface area (TPSA) is 74.1 Å². The van der Waals surface area contributed by atoms with Crippen molar-refractivity contribution >= 4 is 23.4 Å². The second-order valence-corrected chi connectivity index (χ2v) is 8.15. The summed E-state index contributed by atoms with van der Waals surface area (Å²) in [5.74, 6) is 1.57. The van der Waals surface area contributed by atoms with Gasteiger partial charge in [-0.05, 0) is 54.1 Å². The largest absolute Gasteiger partial charge is 0.490 e. The highest BCUT2D eigenvalue weighted by Crippen LogP contribution is 2.37. The average Bonchev–Trinajstić information content (AvgIpc) is 3.16. The number of aromatic nitrogens is 4. The fraction of sp³-hybridized carbons (Fsp3) is 0.381. The summed E-state index contributed by atoms with van der Waals surface area (Å²) < 4.78 is 27.1. The predicted octanol–water partition coefficient (Wildman–Crippen LogP) is 4.25. The first-order chi connectivity index (χ1) is 15.1. The molecule has 166 valence electrons. The molecule has 0 saturated carbocycles. The lowest BCUT2D eigenvalue weighted by Crippen LogP contribution is -2.15. The van der Waals surface area contributed by atoms with Crippen molar-refractivity contribution in [3.05, 3.63) is 58.4 Å². The molecule has 0 amide bonds. The third-order valence-corrected chi connectivity index (χ3v) is 5.72. The molecule has 0 atom stereocenters. The molecule has 3 aromatic rings. The van der Waals surface area contributed by atoms with Gasteiger partial charge in [-0.15, -0.1) is 5.10 Å². The van der Waals surface area contributed by atoms with Gasteiger partial charge in [0, 0.05) is 24.9 Å². The summed E-state index contributed by atoms with van der Waals surface area (Å²) in [6, 6.07) is 10.2. The molecule has 1 aromatic heterocycles. The van der Waals surface area contributed by atoms with E-state index in [1.807, 2.05) is 26.1 Å². The Balaban J connectivity index is 1.52. The van der Waals surface area contributed by atoms with Crippen LogP contribution in [0.2, 0.25) is 5.02 Å². The summed E-state index contributed by atoms with van der Waals surface area (Å²) in [6.45, 7) is 3.92. The van der Waals surface area contributed by atoms with Gasteiger partial charge >= 0.3 is 0 Å². The number of benzene rings is 2. The molecule has 0 unspecified atom stereocenters. The molecule has 0 spiro atoms. The van der Waals surface area contributed by atoms with Gasteiger partial charge in [-0.25, -0.2) is 9.07 Å². The molecule has 1 heterocycles. The highest BCUT2D eigenvalue weighted by Gasteiger charge is 2.14.